The number of halogens is 1. The number of carbonyl (C=O) groups excluding carboxylic acids is 1. The zero-order valence-corrected chi connectivity index (χ0v) is 21.7. The minimum Gasteiger partial charge on any atom is -0.338 e. The molecular weight excluding hydrogens is 518 g/mol. The molecule has 1 aliphatic rings. The third kappa shape index (κ3) is 5.10. The fraction of sp³-hybridized carbons (Fsp3) is 0.231. The Balaban J connectivity index is 1.36. The van der Waals surface area contributed by atoms with E-state index in [-0.39, 0.29) is 22.2 Å². The molecule has 1 aromatic heterocycles. The lowest BCUT2D eigenvalue weighted by molar-refractivity contribution is -0.128. The molecule has 0 aliphatic carbocycles. The van der Waals surface area contributed by atoms with E-state index < -0.39 is 10.0 Å². The summed E-state index contributed by atoms with van der Waals surface area (Å²) in [5, 5.41) is 0.571. The highest BCUT2D eigenvalue weighted by Crippen LogP contribution is 2.25. The number of carbonyl (C=O) groups is 1. The monoisotopic (exact) mass is 541 g/mol. The molecule has 0 bridgehead atoms. The predicted octanol–water partition coefficient (Wildman–Crippen LogP) is 4.37. The summed E-state index contributed by atoms with van der Waals surface area (Å²) in [4.78, 5) is 26.4. The second kappa shape index (κ2) is 10.2. The van der Waals surface area contributed by atoms with Gasteiger partial charge in [-0.05, 0) is 47.4 Å². The predicted molar refractivity (Wildman–Crippen MR) is 142 cm³/mol. The highest BCUT2D eigenvalue weighted by atomic mass is 35.5. The van der Waals surface area contributed by atoms with Crippen LogP contribution in [0.4, 0.5) is 0 Å². The van der Waals surface area contributed by atoms with Crippen molar-refractivity contribution in [3.63, 3.8) is 0 Å². The average Bonchev–Trinajstić information content (AvgIpc) is 3.41. The number of thiazole rings is 1. The molecule has 4 aromatic rings. The number of fused-ring (bicyclic) bond motifs is 1. The number of nitrogens with zero attached hydrogens (tertiary/aromatic N) is 2. The molecular formula is C26H24ClN3O4S2. The summed E-state index contributed by atoms with van der Waals surface area (Å²) in [6.45, 7) is 1.59. The summed E-state index contributed by atoms with van der Waals surface area (Å²) in [7, 11) is -3.83. The summed E-state index contributed by atoms with van der Waals surface area (Å²) in [6.07, 6.45) is 1.41. The van der Waals surface area contributed by atoms with Crippen LogP contribution in [0.25, 0.3) is 10.2 Å². The molecule has 3 aromatic carbocycles. The van der Waals surface area contributed by atoms with Gasteiger partial charge in [0.05, 0.1) is 21.7 Å². The van der Waals surface area contributed by atoms with E-state index in [1.54, 1.807) is 21.6 Å². The maximum absolute atomic E-state index is 13.1. The normalized spacial score (nSPS) is 14.1. The molecule has 0 saturated carbocycles. The van der Waals surface area contributed by atoms with E-state index in [4.69, 9.17) is 11.6 Å². The van der Waals surface area contributed by atoms with Gasteiger partial charge in [-0.2, -0.15) is 0 Å². The zero-order valence-electron chi connectivity index (χ0n) is 19.3. The molecule has 0 unspecified atom stereocenters. The average molecular weight is 542 g/mol. The molecule has 1 amide bonds. The minimum atomic E-state index is -3.83. The lowest BCUT2D eigenvalue weighted by Gasteiger charge is -2.18. The van der Waals surface area contributed by atoms with Crippen molar-refractivity contribution in [1.82, 2.24) is 14.2 Å². The van der Waals surface area contributed by atoms with Gasteiger partial charge in [0.25, 0.3) is 0 Å². The fourth-order valence-electron chi connectivity index (χ4n) is 4.38. The number of rotatable bonds is 8. The quantitative estimate of drug-likeness (QED) is 0.359. The Morgan fingerprint density at radius 3 is 2.36 bits per heavy atom. The van der Waals surface area contributed by atoms with Crippen LogP contribution in [0.3, 0.4) is 0 Å². The van der Waals surface area contributed by atoms with Crippen LogP contribution < -0.4 is 9.60 Å². The topological polar surface area (TPSA) is 88.5 Å². The van der Waals surface area contributed by atoms with Crippen LogP contribution in [0.5, 0.6) is 0 Å². The fourth-order valence-corrected chi connectivity index (χ4v) is 6.61. The number of likely N-dealkylation sites (tertiary alicyclic amines) is 1. The number of benzene rings is 3. The molecule has 0 radical (unpaired) electrons. The number of aromatic nitrogens is 1. The van der Waals surface area contributed by atoms with Gasteiger partial charge in [-0.25, -0.2) is 13.1 Å². The van der Waals surface area contributed by atoms with E-state index in [9.17, 15) is 18.0 Å². The van der Waals surface area contributed by atoms with Gasteiger partial charge in [0, 0.05) is 31.1 Å². The first-order chi connectivity index (χ1) is 17.3. The summed E-state index contributed by atoms with van der Waals surface area (Å²) in [6, 6.07) is 19.5. The standard InChI is InChI=1S/C26H24ClN3O4S2/c27-22-9-4-3-8-20(22)17-30-23-12-11-21(14-24(23)35-26(30)32)36(33,34)28-15-18-6-1-2-7-19(18)16-29-13-5-10-25(29)31/h1-4,6-9,11-12,14,28H,5,10,13,15-17H2. The van der Waals surface area contributed by atoms with Crippen molar-refractivity contribution in [3.05, 3.63) is 98.1 Å². The van der Waals surface area contributed by atoms with Gasteiger partial charge < -0.3 is 4.90 Å². The van der Waals surface area contributed by atoms with Crippen LogP contribution in [-0.4, -0.2) is 30.3 Å². The van der Waals surface area contributed by atoms with Crippen LogP contribution in [-0.2, 0) is 34.5 Å². The largest absolute Gasteiger partial charge is 0.338 e. The Hall–Kier alpha value is -2.98. The molecule has 2 heterocycles. The maximum Gasteiger partial charge on any atom is 0.308 e. The first kappa shape index (κ1) is 24.7. The van der Waals surface area contributed by atoms with E-state index in [0.29, 0.717) is 34.7 Å². The molecule has 186 valence electrons. The van der Waals surface area contributed by atoms with Crippen LogP contribution >= 0.6 is 22.9 Å². The molecule has 1 saturated heterocycles. The number of sulfonamides is 1. The Bertz CT molecular complexity index is 1610. The van der Waals surface area contributed by atoms with Gasteiger partial charge in [-0.3, -0.25) is 14.2 Å². The molecule has 36 heavy (non-hydrogen) atoms. The van der Waals surface area contributed by atoms with E-state index in [1.807, 2.05) is 42.5 Å². The lowest BCUT2D eigenvalue weighted by atomic mass is 10.1. The molecule has 1 fully saturated rings. The lowest BCUT2D eigenvalue weighted by Crippen LogP contribution is -2.27. The van der Waals surface area contributed by atoms with Gasteiger partial charge in [0.15, 0.2) is 0 Å². The molecule has 10 heteroatoms. The second-order valence-corrected chi connectivity index (χ2v) is 11.9. The van der Waals surface area contributed by atoms with Crippen molar-refractivity contribution in [2.75, 3.05) is 6.54 Å². The summed E-state index contributed by atoms with van der Waals surface area (Å²) < 4.78 is 31.1. The third-order valence-electron chi connectivity index (χ3n) is 6.34. The van der Waals surface area contributed by atoms with E-state index in [0.717, 1.165) is 41.0 Å². The summed E-state index contributed by atoms with van der Waals surface area (Å²) in [5.74, 6) is 0.124. The minimum absolute atomic E-state index is 0.0911. The molecule has 1 N–H and O–H groups in total. The summed E-state index contributed by atoms with van der Waals surface area (Å²) >= 11 is 7.27. The number of hydrogen-bond donors (Lipinski definition) is 1. The van der Waals surface area contributed by atoms with Crippen LogP contribution in [0.15, 0.2) is 76.4 Å². The van der Waals surface area contributed by atoms with Crippen molar-refractivity contribution in [2.45, 2.75) is 37.4 Å². The van der Waals surface area contributed by atoms with Crippen molar-refractivity contribution < 1.29 is 13.2 Å². The first-order valence-electron chi connectivity index (χ1n) is 11.5. The molecule has 0 spiro atoms. The smallest absolute Gasteiger partial charge is 0.308 e. The zero-order chi connectivity index (χ0) is 25.3. The molecule has 1 aliphatic heterocycles. The number of nitrogens with one attached hydrogen (secondary N) is 1. The van der Waals surface area contributed by atoms with Gasteiger partial charge >= 0.3 is 4.87 Å². The summed E-state index contributed by atoms with van der Waals surface area (Å²) in [5.41, 5.74) is 3.20. The highest BCUT2D eigenvalue weighted by Gasteiger charge is 2.22. The van der Waals surface area contributed by atoms with Gasteiger partial charge in [0.2, 0.25) is 15.9 Å². The van der Waals surface area contributed by atoms with Crippen molar-refractivity contribution >= 4 is 49.1 Å². The first-order valence-corrected chi connectivity index (χ1v) is 14.2. The van der Waals surface area contributed by atoms with Crippen LogP contribution in [0, 0.1) is 0 Å². The van der Waals surface area contributed by atoms with E-state index in [2.05, 4.69) is 4.72 Å². The Labute approximate surface area is 218 Å². The Morgan fingerprint density at radius 1 is 0.917 bits per heavy atom. The van der Waals surface area contributed by atoms with Crippen molar-refractivity contribution in [3.8, 4) is 0 Å². The SMILES string of the molecule is O=C1CCCN1Cc1ccccc1CNS(=O)(=O)c1ccc2c(c1)sc(=O)n2Cc1ccccc1Cl. The Morgan fingerprint density at radius 2 is 1.64 bits per heavy atom. The number of hydrogen-bond acceptors (Lipinski definition) is 5. The molecule has 7 nitrogen and oxygen atoms in total. The van der Waals surface area contributed by atoms with Crippen molar-refractivity contribution in [1.29, 1.82) is 0 Å². The van der Waals surface area contributed by atoms with Crippen LogP contribution in [0.1, 0.15) is 29.5 Å². The second-order valence-electron chi connectivity index (χ2n) is 8.69. The van der Waals surface area contributed by atoms with Crippen molar-refractivity contribution in [2.24, 2.45) is 0 Å². The molecule has 0 atom stereocenters. The van der Waals surface area contributed by atoms with Gasteiger partial charge in [-0.15, -0.1) is 0 Å². The third-order valence-corrected chi connectivity index (χ3v) is 9.05. The Kier molecular flexibility index (Phi) is 6.98. The van der Waals surface area contributed by atoms with Gasteiger partial charge in [0.1, 0.15) is 0 Å². The highest BCUT2D eigenvalue weighted by molar-refractivity contribution is 7.89. The number of amides is 1. The van der Waals surface area contributed by atoms with Crippen LogP contribution in [0.2, 0.25) is 5.02 Å². The van der Waals surface area contributed by atoms with Gasteiger partial charge in [-0.1, -0.05) is 65.4 Å². The van der Waals surface area contributed by atoms with E-state index >= 15 is 0 Å². The van der Waals surface area contributed by atoms with E-state index in [1.165, 1.54) is 12.1 Å². The molecule has 5 rings (SSSR count). The maximum atomic E-state index is 13.1.